The summed E-state index contributed by atoms with van der Waals surface area (Å²) in [4.78, 5) is 73.2. The Kier molecular flexibility index (Phi) is 10.3. The van der Waals surface area contributed by atoms with Gasteiger partial charge in [0, 0.05) is 47.0 Å². The Morgan fingerprint density at radius 2 is 1.49 bits per heavy atom. The van der Waals surface area contributed by atoms with Gasteiger partial charge in [0.05, 0.1) is 0 Å². The van der Waals surface area contributed by atoms with E-state index in [2.05, 4.69) is 4.98 Å². The van der Waals surface area contributed by atoms with Gasteiger partial charge in [0.2, 0.25) is 6.29 Å². The van der Waals surface area contributed by atoms with E-state index >= 15 is 0 Å². The van der Waals surface area contributed by atoms with E-state index < -0.39 is 81.0 Å². The summed E-state index contributed by atoms with van der Waals surface area (Å²) in [6, 6.07) is 0. The molecule has 0 bridgehead atoms. The molecule has 0 aliphatic carbocycles. The van der Waals surface area contributed by atoms with E-state index in [0.29, 0.717) is 4.34 Å². The summed E-state index contributed by atoms with van der Waals surface area (Å²) in [6.45, 7) is 4.50. The van der Waals surface area contributed by atoms with Crippen LogP contribution in [0.3, 0.4) is 0 Å². The van der Waals surface area contributed by atoms with E-state index in [1.807, 2.05) is 0 Å². The van der Waals surface area contributed by atoms with E-state index in [9.17, 15) is 33.4 Å². The number of aromatic nitrogens is 2. The van der Waals surface area contributed by atoms with Gasteiger partial charge >= 0.3 is 37.6 Å². The number of hydrogen-bond donors (Lipinski definition) is 1. The van der Waals surface area contributed by atoms with Crippen LogP contribution in [-0.2, 0) is 61.5 Å². The summed E-state index contributed by atoms with van der Waals surface area (Å²) >= 11 is 0. The number of carbonyl (C=O) groups is 5. The van der Waals surface area contributed by atoms with Crippen molar-refractivity contribution in [2.45, 2.75) is 71.4 Å². The average molecular weight is 550 g/mol. The third-order valence-corrected chi connectivity index (χ3v) is 5.90. The largest absolute Gasteiger partial charge is 0.462 e. The summed E-state index contributed by atoms with van der Waals surface area (Å²) in [6.07, 6.45) is -6.88. The first-order valence-corrected chi connectivity index (χ1v) is 12.2. The van der Waals surface area contributed by atoms with Crippen LogP contribution in [0, 0.1) is 0 Å². The molecular formula is C20H27N2O14P. The minimum absolute atomic E-state index is 0.618. The molecule has 0 radical (unpaired) electrons. The van der Waals surface area contributed by atoms with Gasteiger partial charge in [-0.3, -0.25) is 28.5 Å². The smallest absolute Gasteiger partial charge is 0.440 e. The maximum absolute atomic E-state index is 12.9. The van der Waals surface area contributed by atoms with Gasteiger partial charge in [-0.2, -0.15) is 0 Å². The van der Waals surface area contributed by atoms with Crippen molar-refractivity contribution in [2.24, 2.45) is 0 Å². The maximum atomic E-state index is 12.9. The third kappa shape index (κ3) is 8.63. The van der Waals surface area contributed by atoms with Crippen LogP contribution < -0.4 is 0 Å². The third-order valence-electron chi connectivity index (χ3n) is 4.60. The molecule has 1 N–H and O–H groups in total. The molecule has 1 saturated heterocycles. The van der Waals surface area contributed by atoms with E-state index in [1.54, 1.807) is 0 Å². The normalized spacial score (nSPS) is 25.6. The Bertz CT molecular complexity index is 1040. The summed E-state index contributed by atoms with van der Waals surface area (Å²) in [7, 11) is -4.77. The van der Waals surface area contributed by atoms with Crippen LogP contribution in [0.25, 0.3) is 0 Å². The van der Waals surface area contributed by atoms with Crippen molar-refractivity contribution in [1.82, 2.24) is 9.32 Å². The molecule has 37 heavy (non-hydrogen) atoms. The topological polar surface area (TPSA) is 205 Å². The fourth-order valence-electron chi connectivity index (χ4n) is 3.39. The molecule has 1 aromatic heterocycles. The minimum Gasteiger partial charge on any atom is -0.462 e. The molecule has 2 heterocycles. The second-order valence-corrected chi connectivity index (χ2v) is 9.33. The monoisotopic (exact) mass is 550 g/mol. The molecule has 1 aromatic rings. The highest BCUT2D eigenvalue weighted by atomic mass is 31.2. The molecule has 0 amide bonds. The molecule has 1 aliphatic heterocycles. The molecule has 17 heteroatoms. The highest BCUT2D eigenvalue weighted by Gasteiger charge is 2.57. The van der Waals surface area contributed by atoms with Crippen molar-refractivity contribution in [1.29, 1.82) is 0 Å². The highest BCUT2D eigenvalue weighted by molar-refractivity contribution is 7.51. The lowest BCUT2D eigenvalue weighted by atomic mass is 9.94. The lowest BCUT2D eigenvalue weighted by Gasteiger charge is -2.45. The molecule has 1 aliphatic rings. The van der Waals surface area contributed by atoms with Gasteiger partial charge in [0.25, 0.3) is 0 Å². The second-order valence-electron chi connectivity index (χ2n) is 7.68. The zero-order chi connectivity index (χ0) is 27.9. The predicted molar refractivity (Wildman–Crippen MR) is 116 cm³/mol. The van der Waals surface area contributed by atoms with Crippen LogP contribution in [-0.4, -0.2) is 87.5 Å². The number of ether oxygens (including phenoxy) is 6. The number of nitrogens with zero attached hydrogens (tertiary/aromatic N) is 2. The molecule has 16 nitrogen and oxygen atoms in total. The lowest BCUT2D eigenvalue weighted by molar-refractivity contribution is -0.300. The van der Waals surface area contributed by atoms with E-state index in [-0.39, 0.29) is 0 Å². The van der Waals surface area contributed by atoms with Crippen molar-refractivity contribution in [3.63, 3.8) is 0 Å². The second kappa shape index (κ2) is 12.8. The summed E-state index contributed by atoms with van der Waals surface area (Å²) < 4.78 is 50.5. The molecule has 0 aromatic carbocycles. The van der Waals surface area contributed by atoms with E-state index in [4.69, 9.17) is 32.9 Å². The zero-order valence-electron chi connectivity index (χ0n) is 20.5. The Hall–Kier alpha value is -3.33. The van der Waals surface area contributed by atoms with Crippen LogP contribution in [0.1, 0.15) is 34.6 Å². The number of rotatable bonds is 10. The van der Waals surface area contributed by atoms with Crippen molar-refractivity contribution in [2.75, 3.05) is 6.61 Å². The molecule has 0 spiro atoms. The Morgan fingerprint density at radius 1 is 0.919 bits per heavy atom. The van der Waals surface area contributed by atoms with Crippen molar-refractivity contribution < 1.29 is 66.4 Å². The van der Waals surface area contributed by atoms with E-state index in [1.165, 1.54) is 6.20 Å². The SMILES string of the molecule is CC(=O)OC[C@H](OC(C)=O)C1OC(OP(=O)(O)n2ccnc2)C(OC(C)=O)C(OC(C)=O)C1OC(C)=O. The van der Waals surface area contributed by atoms with Crippen molar-refractivity contribution in [3.05, 3.63) is 18.7 Å². The van der Waals surface area contributed by atoms with Gasteiger partial charge in [0.15, 0.2) is 24.4 Å². The van der Waals surface area contributed by atoms with Gasteiger partial charge < -0.3 is 33.3 Å². The van der Waals surface area contributed by atoms with Gasteiger partial charge in [0.1, 0.15) is 19.0 Å². The number of carbonyl (C=O) groups excluding carboxylic acids is 5. The number of hydrogen-bond acceptors (Lipinski definition) is 14. The molecule has 0 saturated carbocycles. The summed E-state index contributed by atoms with van der Waals surface area (Å²) in [5.74, 6) is -4.40. The zero-order valence-corrected chi connectivity index (χ0v) is 21.4. The van der Waals surface area contributed by atoms with E-state index in [0.717, 1.165) is 47.1 Å². The van der Waals surface area contributed by atoms with Crippen LogP contribution in [0.4, 0.5) is 0 Å². The summed E-state index contributed by atoms with van der Waals surface area (Å²) in [5, 5.41) is 0. The summed E-state index contributed by atoms with van der Waals surface area (Å²) in [5.41, 5.74) is 0. The van der Waals surface area contributed by atoms with Gasteiger partial charge in [-0.1, -0.05) is 0 Å². The molecular weight excluding hydrogens is 523 g/mol. The molecule has 2 rings (SSSR count). The highest BCUT2D eigenvalue weighted by Crippen LogP contribution is 2.47. The van der Waals surface area contributed by atoms with Crippen LogP contribution in [0.15, 0.2) is 18.7 Å². The fraction of sp³-hybridized carbons (Fsp3) is 0.600. The number of imidazole rings is 1. The van der Waals surface area contributed by atoms with Crippen molar-refractivity contribution in [3.8, 4) is 0 Å². The first kappa shape index (κ1) is 29.9. The molecule has 206 valence electrons. The quantitative estimate of drug-likeness (QED) is 0.229. The standard InChI is InChI=1S/C20H27N2O14P/c1-10(23)30-8-15(31-11(2)24)16-17(32-12(3)25)18(33-13(4)26)19(34-14(5)27)20(35-16)36-37(28,29)22-7-6-21-9-22/h6-7,9,15-20H,8H2,1-5H3,(H,28,29)/t15-,16?,17?,18?,19?,20?/m0/s1. The van der Waals surface area contributed by atoms with Crippen molar-refractivity contribution >= 4 is 37.6 Å². The first-order chi connectivity index (χ1) is 17.2. The molecule has 1 fully saturated rings. The predicted octanol–water partition coefficient (Wildman–Crippen LogP) is -0.137. The fourth-order valence-corrected chi connectivity index (χ4v) is 4.36. The first-order valence-electron chi connectivity index (χ1n) is 10.7. The van der Waals surface area contributed by atoms with Crippen LogP contribution >= 0.6 is 7.75 Å². The van der Waals surface area contributed by atoms with Crippen LogP contribution in [0.5, 0.6) is 0 Å². The lowest BCUT2D eigenvalue weighted by Crippen LogP contribution is -2.65. The Morgan fingerprint density at radius 3 is 1.97 bits per heavy atom. The van der Waals surface area contributed by atoms with Gasteiger partial charge in [-0.05, 0) is 0 Å². The van der Waals surface area contributed by atoms with Gasteiger partial charge in [-0.15, -0.1) is 0 Å². The molecule has 7 atom stereocenters. The van der Waals surface area contributed by atoms with Crippen LogP contribution in [0.2, 0.25) is 0 Å². The maximum Gasteiger partial charge on any atom is 0.440 e. The Labute approximate surface area is 210 Å². The number of esters is 5. The minimum atomic E-state index is -4.77. The average Bonchev–Trinajstić information content (AvgIpc) is 3.30. The molecule has 6 unspecified atom stereocenters. The Balaban J connectivity index is 2.62. The van der Waals surface area contributed by atoms with Gasteiger partial charge in [-0.25, -0.2) is 13.9 Å².